The first-order chi connectivity index (χ1) is 11.9. The predicted octanol–water partition coefficient (Wildman–Crippen LogP) is 2.64. The van der Waals surface area contributed by atoms with E-state index in [2.05, 4.69) is 9.84 Å². The molecule has 2 rings (SSSR count). The third-order valence-corrected chi connectivity index (χ3v) is 5.12. The van der Waals surface area contributed by atoms with Gasteiger partial charge in [0.15, 0.2) is 0 Å². The van der Waals surface area contributed by atoms with Gasteiger partial charge < -0.3 is 19.7 Å². The van der Waals surface area contributed by atoms with E-state index < -0.39 is 25.6 Å². The summed E-state index contributed by atoms with van der Waals surface area (Å²) < 4.78 is 32.6. The highest BCUT2D eigenvalue weighted by Crippen LogP contribution is 2.52. The van der Waals surface area contributed by atoms with E-state index >= 15 is 0 Å². The van der Waals surface area contributed by atoms with Gasteiger partial charge in [0.25, 0.3) is 0 Å². The Bertz CT molecular complexity index is 448. The van der Waals surface area contributed by atoms with Gasteiger partial charge in [-0.25, -0.2) is 4.57 Å². The standard InChI is InChI=1S/C12H22NO7P.2C2H6/c1-4-10(14)13-12-5-6-19-8(7-9(12)17-2)11(12)20-21(15,16)18-3;2*1-2/h8-9,11H,4-7H2,1-3H3,(H,13,14)(H,15,16);2*1-2H3/t8-,9-,11?,12+;;/m1../s1. The van der Waals surface area contributed by atoms with Crippen molar-refractivity contribution in [3.8, 4) is 0 Å². The lowest BCUT2D eigenvalue weighted by Gasteiger charge is -2.43. The molecule has 2 fully saturated rings. The molecule has 2 bridgehead atoms. The number of phosphoric ester groups is 1. The number of carbonyl (C=O) groups is 1. The van der Waals surface area contributed by atoms with Crippen LogP contribution >= 0.6 is 7.82 Å². The number of hydrogen-bond acceptors (Lipinski definition) is 6. The number of methoxy groups -OCH3 is 1. The Morgan fingerprint density at radius 3 is 2.40 bits per heavy atom. The molecule has 8 nitrogen and oxygen atoms in total. The zero-order chi connectivity index (χ0) is 19.7. The molecule has 1 aliphatic carbocycles. The first kappa shape index (κ1) is 24.5. The van der Waals surface area contributed by atoms with Crippen molar-refractivity contribution in [2.45, 2.75) is 77.7 Å². The number of ether oxygens (including phenoxy) is 2. The van der Waals surface area contributed by atoms with Crippen molar-refractivity contribution in [3.05, 3.63) is 0 Å². The smallest absolute Gasteiger partial charge is 0.379 e. The van der Waals surface area contributed by atoms with Crippen molar-refractivity contribution in [2.24, 2.45) is 0 Å². The van der Waals surface area contributed by atoms with Crippen molar-refractivity contribution >= 4 is 13.7 Å². The molecule has 0 spiro atoms. The van der Waals surface area contributed by atoms with Crippen LogP contribution in [0.4, 0.5) is 0 Å². The topological polar surface area (TPSA) is 103 Å². The lowest BCUT2D eigenvalue weighted by Crippen LogP contribution is -2.64. The van der Waals surface area contributed by atoms with Crippen LogP contribution < -0.4 is 5.32 Å². The molecule has 2 aliphatic rings. The van der Waals surface area contributed by atoms with E-state index in [9.17, 15) is 14.3 Å². The van der Waals surface area contributed by atoms with Gasteiger partial charge in [0, 0.05) is 33.7 Å². The zero-order valence-corrected chi connectivity index (χ0v) is 17.3. The summed E-state index contributed by atoms with van der Waals surface area (Å²) in [5, 5.41) is 2.91. The number of nitrogens with one attached hydrogen (secondary N) is 1. The van der Waals surface area contributed by atoms with E-state index in [1.54, 1.807) is 6.92 Å². The molecule has 0 aromatic heterocycles. The molecule has 25 heavy (non-hydrogen) atoms. The largest absolute Gasteiger partial charge is 0.472 e. The SMILES string of the molecule is CC.CC.CCC(=O)N[C@@]12CCO[C@H](C[C@H]1OC)C2OP(=O)(O)OC. The summed E-state index contributed by atoms with van der Waals surface area (Å²) in [5.74, 6) is -0.168. The molecular weight excluding hydrogens is 349 g/mol. The zero-order valence-electron chi connectivity index (χ0n) is 16.4. The number of amides is 1. The molecule has 1 amide bonds. The Labute approximate surface area is 151 Å². The predicted molar refractivity (Wildman–Crippen MR) is 95.3 cm³/mol. The maximum absolute atomic E-state index is 11.9. The molecule has 9 heteroatoms. The van der Waals surface area contributed by atoms with Crippen molar-refractivity contribution in [3.63, 3.8) is 0 Å². The number of phosphoric acid groups is 1. The van der Waals surface area contributed by atoms with Gasteiger partial charge in [-0.15, -0.1) is 0 Å². The highest BCUT2D eigenvalue weighted by atomic mass is 31.2. The second-order valence-electron chi connectivity index (χ2n) is 5.24. The van der Waals surface area contributed by atoms with Gasteiger partial charge >= 0.3 is 7.82 Å². The van der Waals surface area contributed by atoms with Gasteiger partial charge in [-0.05, 0) is 6.42 Å². The summed E-state index contributed by atoms with van der Waals surface area (Å²) in [4.78, 5) is 21.5. The molecule has 1 saturated heterocycles. The van der Waals surface area contributed by atoms with Crippen LogP contribution in [0.15, 0.2) is 0 Å². The van der Waals surface area contributed by atoms with Gasteiger partial charge in [0.2, 0.25) is 5.91 Å². The summed E-state index contributed by atoms with van der Waals surface area (Å²) in [7, 11) is -1.56. The summed E-state index contributed by atoms with van der Waals surface area (Å²) in [6.07, 6.45) is -0.324. The third-order valence-electron chi connectivity index (χ3n) is 4.17. The molecule has 0 radical (unpaired) electrons. The van der Waals surface area contributed by atoms with Crippen LogP contribution in [0.25, 0.3) is 0 Å². The van der Waals surface area contributed by atoms with Gasteiger partial charge in [0.1, 0.15) is 6.10 Å². The number of fused-ring (bicyclic) bond motifs is 2. The van der Waals surface area contributed by atoms with E-state index in [0.717, 1.165) is 7.11 Å². The fraction of sp³-hybridized carbons (Fsp3) is 0.938. The highest BCUT2D eigenvalue weighted by molar-refractivity contribution is 7.47. The Morgan fingerprint density at radius 2 is 1.92 bits per heavy atom. The highest BCUT2D eigenvalue weighted by Gasteiger charge is 2.61. The van der Waals surface area contributed by atoms with Crippen LogP contribution in [-0.2, 0) is 27.9 Å². The summed E-state index contributed by atoms with van der Waals surface area (Å²) in [6, 6.07) is 0. The van der Waals surface area contributed by atoms with Crippen molar-refractivity contribution in [1.82, 2.24) is 5.32 Å². The molecule has 1 heterocycles. The number of carbonyl (C=O) groups excluding carboxylic acids is 1. The maximum Gasteiger partial charge on any atom is 0.472 e. The van der Waals surface area contributed by atoms with Crippen LogP contribution in [0.1, 0.15) is 53.9 Å². The molecular formula is C16H34NO7P. The van der Waals surface area contributed by atoms with Crippen LogP contribution in [0, 0.1) is 0 Å². The molecule has 2 N–H and O–H groups in total. The molecule has 150 valence electrons. The van der Waals surface area contributed by atoms with Gasteiger partial charge in [-0.2, -0.15) is 0 Å². The van der Waals surface area contributed by atoms with E-state index in [0.29, 0.717) is 25.9 Å². The summed E-state index contributed by atoms with van der Waals surface area (Å²) in [5.41, 5.74) is -0.873. The van der Waals surface area contributed by atoms with Crippen LogP contribution in [0.5, 0.6) is 0 Å². The minimum absolute atomic E-state index is 0.168. The molecule has 5 atom stereocenters. The average molecular weight is 383 g/mol. The fourth-order valence-corrected chi connectivity index (χ4v) is 3.81. The first-order valence-electron chi connectivity index (χ1n) is 8.91. The van der Waals surface area contributed by atoms with E-state index in [4.69, 9.17) is 14.0 Å². The van der Waals surface area contributed by atoms with Crippen molar-refractivity contribution in [2.75, 3.05) is 20.8 Å². The Kier molecular flexibility index (Phi) is 11.0. The Balaban J connectivity index is 0.00000134. The van der Waals surface area contributed by atoms with Crippen molar-refractivity contribution < 1.29 is 32.8 Å². The molecule has 2 unspecified atom stereocenters. The van der Waals surface area contributed by atoms with Gasteiger partial charge in [-0.3, -0.25) is 13.8 Å². The molecule has 1 aliphatic heterocycles. The minimum atomic E-state index is -4.19. The second kappa shape index (κ2) is 11.3. The lowest BCUT2D eigenvalue weighted by molar-refractivity contribution is -0.133. The first-order valence-corrected chi connectivity index (χ1v) is 10.4. The quantitative estimate of drug-likeness (QED) is 0.680. The van der Waals surface area contributed by atoms with Crippen molar-refractivity contribution in [1.29, 1.82) is 0 Å². The fourth-order valence-electron chi connectivity index (χ4n) is 3.11. The van der Waals surface area contributed by atoms with Gasteiger partial charge in [-0.1, -0.05) is 34.6 Å². The molecule has 1 saturated carbocycles. The lowest BCUT2D eigenvalue weighted by atomic mass is 9.87. The maximum atomic E-state index is 11.9. The third kappa shape index (κ3) is 5.74. The Hall–Kier alpha value is -0.500. The van der Waals surface area contributed by atoms with Gasteiger partial charge in [0.05, 0.1) is 17.7 Å². The minimum Gasteiger partial charge on any atom is -0.379 e. The average Bonchev–Trinajstić information content (AvgIpc) is 2.79. The van der Waals surface area contributed by atoms with Crippen LogP contribution in [0.2, 0.25) is 0 Å². The normalized spacial score (nSPS) is 32.4. The van der Waals surface area contributed by atoms with E-state index in [-0.39, 0.29) is 12.0 Å². The van der Waals surface area contributed by atoms with Crippen LogP contribution in [0.3, 0.4) is 0 Å². The summed E-state index contributed by atoms with van der Waals surface area (Å²) >= 11 is 0. The van der Waals surface area contributed by atoms with Crippen LogP contribution in [-0.4, -0.2) is 55.5 Å². The second-order valence-corrected chi connectivity index (χ2v) is 6.75. The summed E-state index contributed by atoms with van der Waals surface area (Å²) in [6.45, 7) is 10.2. The Morgan fingerprint density at radius 1 is 1.32 bits per heavy atom. The van der Waals surface area contributed by atoms with E-state index in [1.807, 2.05) is 27.7 Å². The number of rotatable bonds is 6. The monoisotopic (exact) mass is 383 g/mol. The number of hydrogen-bond donors (Lipinski definition) is 2. The van der Waals surface area contributed by atoms with E-state index in [1.165, 1.54) is 7.11 Å². The molecule has 0 aromatic rings. The molecule has 0 aromatic carbocycles.